The van der Waals surface area contributed by atoms with Gasteiger partial charge in [0.15, 0.2) is 0 Å². The van der Waals surface area contributed by atoms with E-state index in [2.05, 4.69) is 57.5 Å². The van der Waals surface area contributed by atoms with Crippen LogP contribution in [-0.2, 0) is 0 Å². The summed E-state index contributed by atoms with van der Waals surface area (Å²) in [5.41, 5.74) is 5.05. The number of pyridine rings is 1. The summed E-state index contributed by atoms with van der Waals surface area (Å²) in [7, 11) is 0. The zero-order valence-electron chi connectivity index (χ0n) is 16.2. The Labute approximate surface area is 174 Å². The smallest absolute Gasteiger partial charge is 0.225 e. The van der Waals surface area contributed by atoms with E-state index < -0.39 is 0 Å². The molecule has 0 unspecified atom stereocenters. The number of benzene rings is 1. The van der Waals surface area contributed by atoms with Gasteiger partial charge in [0.05, 0.1) is 11.4 Å². The standard InChI is InChI=1S/C22H24BrN5/c1-14-11-16(23)12-15(2)21(14)27-20-13-19(18-9-5-6-10-24-18)26-22(28-20)25-17-7-3-4-8-17/h5-6,9-13,17H,3-4,7-8H2,1-2H3,(H2,25,26,27,28). The maximum atomic E-state index is 4.75. The second-order valence-electron chi connectivity index (χ2n) is 7.34. The zero-order valence-corrected chi connectivity index (χ0v) is 17.8. The number of aryl methyl sites for hydroxylation is 2. The molecule has 1 aliphatic rings. The van der Waals surface area contributed by atoms with Gasteiger partial charge in [-0.2, -0.15) is 4.98 Å². The van der Waals surface area contributed by atoms with E-state index in [1.54, 1.807) is 6.20 Å². The van der Waals surface area contributed by atoms with Gasteiger partial charge in [-0.15, -0.1) is 0 Å². The summed E-state index contributed by atoms with van der Waals surface area (Å²) in [6.07, 6.45) is 6.66. The molecule has 0 saturated heterocycles. The lowest BCUT2D eigenvalue weighted by atomic mass is 10.1. The average molecular weight is 438 g/mol. The molecule has 0 aliphatic heterocycles. The number of hydrogen-bond acceptors (Lipinski definition) is 5. The number of anilines is 3. The third-order valence-electron chi connectivity index (χ3n) is 5.09. The first-order valence-corrected chi connectivity index (χ1v) is 10.5. The Hall–Kier alpha value is -2.47. The fourth-order valence-corrected chi connectivity index (χ4v) is 4.40. The second-order valence-corrected chi connectivity index (χ2v) is 8.26. The molecule has 1 aromatic carbocycles. The van der Waals surface area contributed by atoms with Gasteiger partial charge in [0, 0.05) is 28.5 Å². The molecule has 2 N–H and O–H groups in total. The summed E-state index contributed by atoms with van der Waals surface area (Å²) < 4.78 is 1.08. The van der Waals surface area contributed by atoms with Crippen LogP contribution in [0.5, 0.6) is 0 Å². The molecule has 5 nitrogen and oxygen atoms in total. The lowest BCUT2D eigenvalue weighted by Crippen LogP contribution is -2.17. The molecule has 0 spiro atoms. The number of rotatable bonds is 5. The Balaban J connectivity index is 1.71. The van der Waals surface area contributed by atoms with Gasteiger partial charge in [-0.3, -0.25) is 4.98 Å². The van der Waals surface area contributed by atoms with Crippen LogP contribution in [0.1, 0.15) is 36.8 Å². The molecule has 6 heteroatoms. The van der Waals surface area contributed by atoms with Crippen molar-refractivity contribution < 1.29 is 0 Å². The molecule has 2 aromatic heterocycles. The third kappa shape index (κ3) is 4.33. The molecular formula is C22H24BrN5. The van der Waals surface area contributed by atoms with Crippen LogP contribution in [-0.4, -0.2) is 21.0 Å². The van der Waals surface area contributed by atoms with Crippen LogP contribution in [0.25, 0.3) is 11.4 Å². The first kappa shape index (κ1) is 18.9. The summed E-state index contributed by atoms with van der Waals surface area (Å²) >= 11 is 3.56. The minimum atomic E-state index is 0.447. The lowest BCUT2D eigenvalue weighted by molar-refractivity contribution is 0.744. The monoisotopic (exact) mass is 437 g/mol. The number of nitrogens with zero attached hydrogens (tertiary/aromatic N) is 3. The van der Waals surface area contributed by atoms with Crippen molar-refractivity contribution in [2.75, 3.05) is 10.6 Å². The van der Waals surface area contributed by atoms with Crippen molar-refractivity contribution in [3.63, 3.8) is 0 Å². The number of hydrogen-bond donors (Lipinski definition) is 2. The summed E-state index contributed by atoms with van der Waals surface area (Å²) in [5, 5.41) is 7.02. The first-order valence-electron chi connectivity index (χ1n) is 9.69. The van der Waals surface area contributed by atoms with Crippen molar-refractivity contribution in [1.29, 1.82) is 0 Å². The van der Waals surface area contributed by atoms with Crippen LogP contribution in [0, 0.1) is 13.8 Å². The van der Waals surface area contributed by atoms with Gasteiger partial charge in [0.1, 0.15) is 5.82 Å². The Morgan fingerprint density at radius 3 is 2.39 bits per heavy atom. The molecule has 1 saturated carbocycles. The Morgan fingerprint density at radius 1 is 0.964 bits per heavy atom. The maximum absolute atomic E-state index is 4.75. The molecule has 0 amide bonds. The highest BCUT2D eigenvalue weighted by Gasteiger charge is 2.17. The minimum Gasteiger partial charge on any atom is -0.351 e. The van der Waals surface area contributed by atoms with Crippen molar-refractivity contribution in [3.05, 3.63) is 58.2 Å². The van der Waals surface area contributed by atoms with E-state index in [-0.39, 0.29) is 0 Å². The van der Waals surface area contributed by atoms with Gasteiger partial charge in [-0.25, -0.2) is 4.98 Å². The molecular weight excluding hydrogens is 414 g/mol. The Bertz CT molecular complexity index is 945. The summed E-state index contributed by atoms with van der Waals surface area (Å²) in [4.78, 5) is 13.9. The molecule has 3 aromatic rings. The third-order valence-corrected chi connectivity index (χ3v) is 5.55. The highest BCUT2D eigenvalue weighted by molar-refractivity contribution is 9.10. The van der Waals surface area contributed by atoms with E-state index in [0.717, 1.165) is 38.5 Å². The van der Waals surface area contributed by atoms with Crippen molar-refractivity contribution >= 4 is 33.4 Å². The van der Waals surface area contributed by atoms with Crippen LogP contribution < -0.4 is 10.6 Å². The van der Waals surface area contributed by atoms with E-state index in [1.807, 2.05) is 24.3 Å². The highest BCUT2D eigenvalue weighted by atomic mass is 79.9. The van der Waals surface area contributed by atoms with Crippen LogP contribution in [0.2, 0.25) is 0 Å². The Morgan fingerprint density at radius 2 is 1.71 bits per heavy atom. The van der Waals surface area contributed by atoms with Crippen molar-refractivity contribution in [3.8, 4) is 11.4 Å². The molecule has 4 rings (SSSR count). The maximum Gasteiger partial charge on any atom is 0.225 e. The van der Waals surface area contributed by atoms with Gasteiger partial charge >= 0.3 is 0 Å². The SMILES string of the molecule is Cc1cc(Br)cc(C)c1Nc1cc(-c2ccccn2)nc(NC2CCCC2)n1. The molecule has 1 fully saturated rings. The average Bonchev–Trinajstić information content (AvgIpc) is 3.18. The topological polar surface area (TPSA) is 62.7 Å². The van der Waals surface area contributed by atoms with E-state index in [9.17, 15) is 0 Å². The Kier molecular flexibility index (Phi) is 5.57. The van der Waals surface area contributed by atoms with Crippen LogP contribution >= 0.6 is 15.9 Å². The van der Waals surface area contributed by atoms with Crippen molar-refractivity contribution in [2.45, 2.75) is 45.6 Å². The first-order chi connectivity index (χ1) is 13.6. The second kappa shape index (κ2) is 8.27. The normalized spacial score (nSPS) is 14.2. The van der Waals surface area contributed by atoms with E-state index in [0.29, 0.717) is 12.0 Å². The van der Waals surface area contributed by atoms with E-state index in [1.165, 1.54) is 25.7 Å². The largest absolute Gasteiger partial charge is 0.351 e. The van der Waals surface area contributed by atoms with Gasteiger partial charge in [0.2, 0.25) is 5.95 Å². The molecule has 2 heterocycles. The van der Waals surface area contributed by atoms with Gasteiger partial charge < -0.3 is 10.6 Å². The number of nitrogens with one attached hydrogen (secondary N) is 2. The molecule has 0 radical (unpaired) electrons. The van der Waals surface area contributed by atoms with Gasteiger partial charge in [-0.1, -0.05) is 34.8 Å². The van der Waals surface area contributed by atoms with Crippen LogP contribution in [0.4, 0.5) is 17.5 Å². The minimum absolute atomic E-state index is 0.447. The molecule has 0 bridgehead atoms. The van der Waals surface area contributed by atoms with Gasteiger partial charge in [-0.05, 0) is 62.1 Å². The molecule has 144 valence electrons. The molecule has 0 atom stereocenters. The number of halogens is 1. The van der Waals surface area contributed by atoms with Crippen LogP contribution in [0.3, 0.4) is 0 Å². The number of aromatic nitrogens is 3. The summed E-state index contributed by atoms with van der Waals surface area (Å²) in [5.74, 6) is 1.43. The molecule has 1 aliphatic carbocycles. The van der Waals surface area contributed by atoms with Gasteiger partial charge in [0.25, 0.3) is 0 Å². The fourth-order valence-electron chi connectivity index (χ4n) is 3.71. The molecule has 28 heavy (non-hydrogen) atoms. The van der Waals surface area contributed by atoms with E-state index >= 15 is 0 Å². The summed E-state index contributed by atoms with van der Waals surface area (Å²) in [6.45, 7) is 4.19. The van der Waals surface area contributed by atoms with Crippen molar-refractivity contribution in [2.24, 2.45) is 0 Å². The van der Waals surface area contributed by atoms with E-state index in [4.69, 9.17) is 9.97 Å². The van der Waals surface area contributed by atoms with Crippen molar-refractivity contribution in [1.82, 2.24) is 15.0 Å². The predicted octanol–water partition coefficient (Wildman–Crippen LogP) is 6.02. The fraction of sp³-hybridized carbons (Fsp3) is 0.318. The van der Waals surface area contributed by atoms with Crippen LogP contribution in [0.15, 0.2) is 47.1 Å². The predicted molar refractivity (Wildman–Crippen MR) is 118 cm³/mol. The highest BCUT2D eigenvalue weighted by Crippen LogP contribution is 2.30. The lowest BCUT2D eigenvalue weighted by Gasteiger charge is -2.16. The quantitative estimate of drug-likeness (QED) is 0.510. The summed E-state index contributed by atoms with van der Waals surface area (Å²) in [6, 6.07) is 12.5. The zero-order chi connectivity index (χ0) is 19.5.